The van der Waals surface area contributed by atoms with E-state index in [0.29, 0.717) is 29.4 Å². The molecule has 0 saturated carbocycles. The maximum Gasteiger partial charge on any atom is 0.338 e. The Morgan fingerprint density at radius 3 is 2.46 bits per heavy atom. The Balaban J connectivity index is 1.64. The summed E-state index contributed by atoms with van der Waals surface area (Å²) < 4.78 is 33.2. The van der Waals surface area contributed by atoms with Crippen molar-refractivity contribution in [1.82, 2.24) is 19.4 Å². The van der Waals surface area contributed by atoms with Gasteiger partial charge in [-0.2, -0.15) is 4.31 Å². The molecule has 0 unspecified atom stereocenters. The standard InChI is InChI=1S/C28H33ClN4O5S/c1-4-13-33-24(19-31-14-16-32(17-15-31)39(36,37)23-11-9-22(29)10-12-23)25(27(34)38-5-2)26(30-28(33)35)21-8-6-7-20(3)18-21/h4,6-12,18,26H,1,5,13-17,19H2,2-3H3,(H,30,35)/t26-/m1/s1. The minimum Gasteiger partial charge on any atom is -0.463 e. The second-order valence-corrected chi connectivity index (χ2v) is 11.8. The first-order valence-corrected chi connectivity index (χ1v) is 14.6. The summed E-state index contributed by atoms with van der Waals surface area (Å²) >= 11 is 5.92. The number of urea groups is 1. The molecule has 39 heavy (non-hydrogen) atoms. The van der Waals surface area contributed by atoms with E-state index < -0.39 is 22.0 Å². The lowest BCUT2D eigenvalue weighted by Crippen LogP contribution is -2.53. The van der Waals surface area contributed by atoms with Gasteiger partial charge in [0.05, 0.1) is 23.1 Å². The van der Waals surface area contributed by atoms with E-state index in [4.69, 9.17) is 16.3 Å². The molecule has 2 aliphatic rings. The maximum atomic E-state index is 13.3. The monoisotopic (exact) mass is 572 g/mol. The molecule has 1 N–H and O–H groups in total. The molecule has 0 bridgehead atoms. The van der Waals surface area contributed by atoms with Gasteiger partial charge in [0.2, 0.25) is 10.0 Å². The number of aryl methyl sites for hydroxylation is 1. The first kappa shape index (κ1) is 28.8. The van der Waals surface area contributed by atoms with E-state index in [1.807, 2.05) is 36.1 Å². The molecule has 1 fully saturated rings. The molecule has 2 heterocycles. The van der Waals surface area contributed by atoms with Crippen LogP contribution in [0.3, 0.4) is 0 Å². The van der Waals surface area contributed by atoms with Crippen molar-refractivity contribution in [1.29, 1.82) is 0 Å². The first-order chi connectivity index (χ1) is 18.6. The summed E-state index contributed by atoms with van der Waals surface area (Å²) in [5.41, 5.74) is 2.66. The molecule has 11 heteroatoms. The van der Waals surface area contributed by atoms with Crippen molar-refractivity contribution < 1.29 is 22.7 Å². The molecule has 1 saturated heterocycles. The van der Waals surface area contributed by atoms with E-state index in [0.717, 1.165) is 11.1 Å². The van der Waals surface area contributed by atoms with Crippen molar-refractivity contribution in [3.05, 3.63) is 88.6 Å². The average Bonchev–Trinajstić information content (AvgIpc) is 2.91. The van der Waals surface area contributed by atoms with E-state index in [9.17, 15) is 18.0 Å². The van der Waals surface area contributed by atoms with Gasteiger partial charge in [-0.25, -0.2) is 18.0 Å². The van der Waals surface area contributed by atoms with Gasteiger partial charge in [-0.15, -0.1) is 6.58 Å². The molecule has 1 atom stereocenters. The van der Waals surface area contributed by atoms with Crippen LogP contribution < -0.4 is 5.32 Å². The zero-order valence-corrected chi connectivity index (χ0v) is 23.7. The van der Waals surface area contributed by atoms with Crippen LogP contribution in [-0.4, -0.2) is 80.4 Å². The Labute approximate surface area is 234 Å². The normalized spacial score (nSPS) is 19.1. The lowest BCUT2D eigenvalue weighted by molar-refractivity contribution is -0.139. The van der Waals surface area contributed by atoms with Gasteiger partial charge in [0.25, 0.3) is 0 Å². The molecule has 0 aromatic heterocycles. The molecular weight excluding hydrogens is 540 g/mol. The minimum atomic E-state index is -3.67. The van der Waals surface area contributed by atoms with E-state index in [1.165, 1.54) is 21.3 Å². The van der Waals surface area contributed by atoms with Crippen LogP contribution >= 0.6 is 11.6 Å². The van der Waals surface area contributed by atoms with Gasteiger partial charge in [-0.3, -0.25) is 9.80 Å². The Hall–Kier alpha value is -3.18. The van der Waals surface area contributed by atoms with Crippen molar-refractivity contribution in [3.8, 4) is 0 Å². The third-order valence-corrected chi connectivity index (χ3v) is 8.94. The largest absolute Gasteiger partial charge is 0.463 e. The summed E-state index contributed by atoms with van der Waals surface area (Å²) in [5, 5.41) is 3.43. The fourth-order valence-electron chi connectivity index (χ4n) is 4.84. The van der Waals surface area contributed by atoms with Crippen molar-refractivity contribution in [2.24, 2.45) is 0 Å². The third kappa shape index (κ3) is 6.36. The van der Waals surface area contributed by atoms with Crippen LogP contribution in [0.25, 0.3) is 0 Å². The number of benzene rings is 2. The topological polar surface area (TPSA) is 99.3 Å². The smallest absolute Gasteiger partial charge is 0.338 e. The molecule has 2 aromatic rings. The summed E-state index contributed by atoms with van der Waals surface area (Å²) in [4.78, 5) is 30.3. The first-order valence-electron chi connectivity index (χ1n) is 12.8. The number of ether oxygens (including phenoxy) is 1. The van der Waals surface area contributed by atoms with Gasteiger partial charge >= 0.3 is 12.0 Å². The number of rotatable bonds is 9. The summed E-state index contributed by atoms with van der Waals surface area (Å²) in [7, 11) is -3.67. The van der Waals surface area contributed by atoms with E-state index >= 15 is 0 Å². The fourth-order valence-corrected chi connectivity index (χ4v) is 6.39. The van der Waals surface area contributed by atoms with Crippen LogP contribution in [0.1, 0.15) is 24.1 Å². The van der Waals surface area contributed by atoms with E-state index in [2.05, 4.69) is 11.9 Å². The highest BCUT2D eigenvalue weighted by molar-refractivity contribution is 7.89. The predicted octanol–water partition coefficient (Wildman–Crippen LogP) is 3.72. The maximum absolute atomic E-state index is 13.3. The summed E-state index contributed by atoms with van der Waals surface area (Å²) in [6.07, 6.45) is 1.60. The molecule has 208 valence electrons. The number of sulfonamides is 1. The molecule has 4 rings (SSSR count). The summed E-state index contributed by atoms with van der Waals surface area (Å²) in [5.74, 6) is -0.503. The molecule has 9 nitrogen and oxygen atoms in total. The molecular formula is C28H33ClN4O5S. The van der Waals surface area contributed by atoms with Gasteiger partial charge in [-0.1, -0.05) is 47.5 Å². The molecule has 0 spiro atoms. The molecule has 2 amide bonds. The van der Waals surface area contributed by atoms with Gasteiger partial charge in [0, 0.05) is 50.0 Å². The third-order valence-electron chi connectivity index (χ3n) is 6.78. The predicted molar refractivity (Wildman–Crippen MR) is 150 cm³/mol. The number of nitrogens with one attached hydrogen (secondary N) is 1. The number of nitrogens with zero attached hydrogens (tertiary/aromatic N) is 3. The Morgan fingerprint density at radius 2 is 1.85 bits per heavy atom. The number of piperazine rings is 1. The zero-order valence-electron chi connectivity index (χ0n) is 22.1. The lowest BCUT2D eigenvalue weighted by atomic mass is 9.93. The molecule has 2 aromatic carbocycles. The van der Waals surface area contributed by atoms with Crippen molar-refractivity contribution in [3.63, 3.8) is 0 Å². The number of halogens is 1. The number of hydrogen-bond acceptors (Lipinski definition) is 6. The highest BCUT2D eigenvalue weighted by atomic mass is 35.5. The van der Waals surface area contributed by atoms with Gasteiger partial charge in [0.15, 0.2) is 0 Å². The zero-order chi connectivity index (χ0) is 28.2. The fraction of sp³-hybridized carbons (Fsp3) is 0.357. The number of amides is 2. The summed E-state index contributed by atoms with van der Waals surface area (Å²) in [6.45, 7) is 9.51. The van der Waals surface area contributed by atoms with E-state index in [1.54, 1.807) is 25.1 Å². The number of carbonyl (C=O) groups excluding carboxylic acids is 2. The average molecular weight is 573 g/mol. The van der Waals surface area contributed by atoms with Crippen molar-refractivity contribution >= 4 is 33.6 Å². The molecule has 0 radical (unpaired) electrons. The van der Waals surface area contributed by atoms with Gasteiger partial charge in [0.1, 0.15) is 0 Å². The Bertz CT molecular complexity index is 1370. The number of carbonyl (C=O) groups is 2. The Morgan fingerprint density at radius 1 is 1.15 bits per heavy atom. The van der Waals surface area contributed by atoms with Crippen LogP contribution in [0.15, 0.2) is 77.4 Å². The highest BCUT2D eigenvalue weighted by Crippen LogP contribution is 2.33. The Kier molecular flexibility index (Phi) is 9.12. The van der Waals surface area contributed by atoms with Crippen LogP contribution in [-0.2, 0) is 19.6 Å². The second-order valence-electron chi connectivity index (χ2n) is 9.41. The minimum absolute atomic E-state index is 0.187. The van der Waals surface area contributed by atoms with Crippen LogP contribution in [0.4, 0.5) is 4.79 Å². The van der Waals surface area contributed by atoms with E-state index in [-0.39, 0.29) is 43.7 Å². The molecule has 2 aliphatic heterocycles. The summed E-state index contributed by atoms with van der Waals surface area (Å²) in [6, 6.07) is 12.7. The lowest BCUT2D eigenvalue weighted by Gasteiger charge is -2.40. The SMILES string of the molecule is C=CCN1C(=O)N[C@H](c2cccc(C)c2)C(C(=O)OCC)=C1CN1CCN(S(=O)(=O)c2ccc(Cl)cc2)CC1. The van der Waals surface area contributed by atoms with Crippen LogP contribution in [0.2, 0.25) is 5.02 Å². The van der Waals surface area contributed by atoms with Crippen LogP contribution in [0.5, 0.6) is 0 Å². The molecule has 0 aliphatic carbocycles. The van der Waals surface area contributed by atoms with Crippen molar-refractivity contribution in [2.75, 3.05) is 45.9 Å². The highest BCUT2D eigenvalue weighted by Gasteiger charge is 2.39. The van der Waals surface area contributed by atoms with Crippen molar-refractivity contribution in [2.45, 2.75) is 24.8 Å². The van der Waals surface area contributed by atoms with Gasteiger partial charge in [-0.05, 0) is 43.7 Å². The van der Waals surface area contributed by atoms with Crippen LogP contribution in [0, 0.1) is 6.92 Å². The number of esters is 1. The quantitative estimate of drug-likeness (QED) is 0.363. The number of hydrogen-bond donors (Lipinski definition) is 1. The second kappa shape index (κ2) is 12.3. The van der Waals surface area contributed by atoms with Gasteiger partial charge < -0.3 is 10.1 Å².